The van der Waals surface area contributed by atoms with E-state index in [9.17, 15) is 9.18 Å². The molecule has 0 fully saturated rings. The van der Waals surface area contributed by atoms with E-state index < -0.39 is 5.97 Å². The Hall–Kier alpha value is -2.37. The zero-order chi connectivity index (χ0) is 14.0. The van der Waals surface area contributed by atoms with Crippen molar-refractivity contribution in [3.05, 3.63) is 47.2 Å². The highest BCUT2D eigenvalue weighted by Gasteiger charge is 2.19. The molecule has 0 saturated heterocycles. The average molecular weight is 263 g/mol. The molecule has 2 N–H and O–H groups in total. The fourth-order valence-electron chi connectivity index (χ4n) is 1.85. The highest BCUT2D eigenvalue weighted by Crippen LogP contribution is 2.17. The van der Waals surface area contributed by atoms with E-state index >= 15 is 0 Å². The zero-order valence-corrected chi connectivity index (χ0v) is 10.7. The number of hydrogen-bond donors (Lipinski definition) is 1. The molecular formula is C13H14FN3O2. The molecule has 1 aromatic carbocycles. The van der Waals surface area contributed by atoms with Crippen molar-refractivity contribution in [2.45, 2.75) is 13.5 Å². The van der Waals surface area contributed by atoms with Crippen LogP contribution in [0.2, 0.25) is 0 Å². The van der Waals surface area contributed by atoms with Gasteiger partial charge >= 0.3 is 5.97 Å². The van der Waals surface area contributed by atoms with E-state index in [1.807, 2.05) is 0 Å². The molecule has 1 heterocycles. The minimum absolute atomic E-state index is 0.0800. The van der Waals surface area contributed by atoms with Crippen molar-refractivity contribution in [2.75, 3.05) is 12.8 Å². The van der Waals surface area contributed by atoms with Crippen molar-refractivity contribution >= 4 is 11.8 Å². The summed E-state index contributed by atoms with van der Waals surface area (Å²) in [5, 5.41) is 0. The number of nitrogen functional groups attached to an aromatic ring is 1. The quantitative estimate of drug-likeness (QED) is 0.856. The summed E-state index contributed by atoms with van der Waals surface area (Å²) >= 11 is 0. The van der Waals surface area contributed by atoms with E-state index in [-0.39, 0.29) is 17.3 Å². The number of rotatable bonds is 3. The molecule has 0 unspecified atom stereocenters. The van der Waals surface area contributed by atoms with Crippen LogP contribution in [0.15, 0.2) is 24.3 Å². The van der Waals surface area contributed by atoms with Crippen LogP contribution in [0.3, 0.4) is 0 Å². The Kier molecular flexibility index (Phi) is 3.50. The first-order valence-electron chi connectivity index (χ1n) is 5.68. The number of carbonyl (C=O) groups is 1. The largest absolute Gasteiger partial charge is 0.464 e. The van der Waals surface area contributed by atoms with Crippen LogP contribution < -0.4 is 5.73 Å². The number of ether oxygens (including phenoxy) is 1. The number of imidazole rings is 1. The van der Waals surface area contributed by atoms with Crippen molar-refractivity contribution in [1.29, 1.82) is 0 Å². The van der Waals surface area contributed by atoms with Crippen molar-refractivity contribution in [3.63, 3.8) is 0 Å². The lowest BCUT2D eigenvalue weighted by Gasteiger charge is -2.07. The van der Waals surface area contributed by atoms with Crippen LogP contribution in [0.4, 0.5) is 10.2 Å². The monoisotopic (exact) mass is 263 g/mol. The Bertz CT molecular complexity index is 622. The summed E-state index contributed by atoms with van der Waals surface area (Å²) in [4.78, 5) is 15.5. The van der Waals surface area contributed by atoms with Crippen LogP contribution in [0.1, 0.15) is 21.9 Å². The number of hydrogen-bond acceptors (Lipinski definition) is 4. The maximum atomic E-state index is 13.1. The third-order valence-corrected chi connectivity index (χ3v) is 2.81. The lowest BCUT2D eigenvalue weighted by Crippen LogP contribution is -2.09. The summed E-state index contributed by atoms with van der Waals surface area (Å²) in [6.45, 7) is 2.07. The first-order valence-corrected chi connectivity index (χ1v) is 5.68. The summed E-state index contributed by atoms with van der Waals surface area (Å²) in [6.07, 6.45) is 0. The molecule has 0 aliphatic heterocycles. The van der Waals surface area contributed by atoms with Crippen molar-refractivity contribution < 1.29 is 13.9 Å². The van der Waals surface area contributed by atoms with Gasteiger partial charge in [0.1, 0.15) is 17.5 Å². The Balaban J connectivity index is 2.36. The maximum Gasteiger partial charge on any atom is 0.360 e. The molecule has 5 nitrogen and oxygen atoms in total. The highest BCUT2D eigenvalue weighted by molar-refractivity contribution is 5.92. The molecule has 1 aromatic heterocycles. The third-order valence-electron chi connectivity index (χ3n) is 2.81. The molecule has 0 spiro atoms. The fraction of sp³-hybridized carbons (Fsp3) is 0.231. The van der Waals surface area contributed by atoms with E-state index in [1.54, 1.807) is 23.6 Å². The van der Waals surface area contributed by atoms with Crippen molar-refractivity contribution in [2.24, 2.45) is 0 Å². The number of anilines is 1. The summed E-state index contributed by atoms with van der Waals surface area (Å²) < 4.78 is 19.4. The SMILES string of the molecule is COC(=O)c1nc(C)n(Cc2cccc(F)c2)c1N. The minimum Gasteiger partial charge on any atom is -0.464 e. The Morgan fingerprint density at radius 1 is 1.53 bits per heavy atom. The molecule has 0 atom stereocenters. The Morgan fingerprint density at radius 2 is 2.26 bits per heavy atom. The van der Waals surface area contributed by atoms with E-state index in [2.05, 4.69) is 9.72 Å². The Labute approximate surface area is 109 Å². The molecule has 0 aliphatic carbocycles. The molecule has 0 amide bonds. The van der Waals surface area contributed by atoms with Gasteiger partial charge in [0.25, 0.3) is 0 Å². The molecule has 0 radical (unpaired) electrons. The van der Waals surface area contributed by atoms with Gasteiger partial charge in [-0.25, -0.2) is 14.2 Å². The van der Waals surface area contributed by atoms with Gasteiger partial charge in [0.05, 0.1) is 13.7 Å². The fourth-order valence-corrected chi connectivity index (χ4v) is 1.85. The lowest BCUT2D eigenvalue weighted by molar-refractivity contribution is 0.0595. The number of benzene rings is 1. The van der Waals surface area contributed by atoms with Crippen LogP contribution in [0, 0.1) is 12.7 Å². The molecular weight excluding hydrogens is 249 g/mol. The number of carbonyl (C=O) groups excluding carboxylic acids is 1. The van der Waals surface area contributed by atoms with Gasteiger partial charge < -0.3 is 15.0 Å². The second-order valence-electron chi connectivity index (χ2n) is 4.10. The summed E-state index contributed by atoms with van der Waals surface area (Å²) in [7, 11) is 1.27. The molecule has 0 aliphatic rings. The van der Waals surface area contributed by atoms with Gasteiger partial charge in [-0.05, 0) is 24.6 Å². The van der Waals surface area contributed by atoms with Crippen molar-refractivity contribution in [1.82, 2.24) is 9.55 Å². The molecule has 2 aromatic rings. The molecule has 0 saturated carbocycles. The number of halogens is 1. The molecule has 0 bridgehead atoms. The van der Waals surface area contributed by atoms with Gasteiger partial charge in [0.15, 0.2) is 5.69 Å². The Morgan fingerprint density at radius 3 is 2.89 bits per heavy atom. The number of methoxy groups -OCH3 is 1. The predicted molar refractivity (Wildman–Crippen MR) is 68.2 cm³/mol. The maximum absolute atomic E-state index is 13.1. The number of aromatic nitrogens is 2. The van der Waals surface area contributed by atoms with Gasteiger partial charge in [-0.2, -0.15) is 0 Å². The number of nitrogens with zero attached hydrogens (tertiary/aromatic N) is 2. The van der Waals surface area contributed by atoms with E-state index in [1.165, 1.54) is 19.2 Å². The molecule has 6 heteroatoms. The minimum atomic E-state index is -0.585. The van der Waals surface area contributed by atoms with E-state index in [0.29, 0.717) is 12.4 Å². The van der Waals surface area contributed by atoms with Crippen LogP contribution in [-0.4, -0.2) is 22.6 Å². The van der Waals surface area contributed by atoms with Crippen LogP contribution >= 0.6 is 0 Å². The van der Waals surface area contributed by atoms with Gasteiger partial charge in [0, 0.05) is 0 Å². The van der Waals surface area contributed by atoms with Crippen LogP contribution in [-0.2, 0) is 11.3 Å². The topological polar surface area (TPSA) is 70.1 Å². The average Bonchev–Trinajstić information content (AvgIpc) is 2.66. The first kappa shape index (κ1) is 13.1. The smallest absolute Gasteiger partial charge is 0.360 e. The normalized spacial score (nSPS) is 10.5. The summed E-state index contributed by atoms with van der Waals surface area (Å²) in [6, 6.07) is 6.18. The molecule has 2 rings (SSSR count). The van der Waals surface area contributed by atoms with Gasteiger partial charge in [0.2, 0.25) is 0 Å². The predicted octanol–water partition coefficient (Wildman–Crippen LogP) is 1.75. The lowest BCUT2D eigenvalue weighted by atomic mass is 10.2. The zero-order valence-electron chi connectivity index (χ0n) is 10.7. The highest BCUT2D eigenvalue weighted by atomic mass is 19.1. The number of nitrogens with two attached hydrogens (primary N) is 1. The second-order valence-corrected chi connectivity index (χ2v) is 4.10. The second kappa shape index (κ2) is 5.09. The van der Waals surface area contributed by atoms with Crippen molar-refractivity contribution in [3.8, 4) is 0 Å². The third kappa shape index (κ3) is 2.57. The van der Waals surface area contributed by atoms with Gasteiger partial charge in [-0.3, -0.25) is 0 Å². The van der Waals surface area contributed by atoms with E-state index in [0.717, 1.165) is 5.56 Å². The first-order chi connectivity index (χ1) is 9.02. The van der Waals surface area contributed by atoms with Crippen LogP contribution in [0.25, 0.3) is 0 Å². The van der Waals surface area contributed by atoms with Crippen LogP contribution in [0.5, 0.6) is 0 Å². The molecule has 19 heavy (non-hydrogen) atoms. The standard InChI is InChI=1S/C13H14FN3O2/c1-8-16-11(13(18)19-2)12(15)17(8)7-9-4-3-5-10(14)6-9/h3-6H,7,15H2,1-2H3. The number of aryl methyl sites for hydroxylation is 1. The van der Waals surface area contributed by atoms with E-state index in [4.69, 9.17) is 5.73 Å². The summed E-state index contributed by atoms with van der Waals surface area (Å²) in [5.41, 5.74) is 6.69. The van der Waals surface area contributed by atoms with Gasteiger partial charge in [-0.1, -0.05) is 12.1 Å². The number of esters is 1. The molecule has 100 valence electrons. The summed E-state index contributed by atoms with van der Waals surface area (Å²) in [5.74, 6) is -0.114. The van der Waals surface area contributed by atoms with Gasteiger partial charge in [-0.15, -0.1) is 0 Å².